The minimum absolute atomic E-state index is 0. The molecule has 3 N–H and O–H groups in total. The number of rotatable bonds is 4. The molecule has 0 aromatic heterocycles. The van der Waals surface area contributed by atoms with Crippen LogP contribution in [0, 0.1) is 0 Å². The molecule has 0 saturated heterocycles. The number of nitrogens with two attached hydrogens (primary N) is 1. The van der Waals surface area contributed by atoms with E-state index in [2.05, 4.69) is 21.2 Å². The van der Waals surface area contributed by atoms with E-state index in [1.165, 1.54) is 5.56 Å². The van der Waals surface area contributed by atoms with Crippen molar-refractivity contribution in [2.45, 2.75) is 19.4 Å². The molecular weight excluding hydrogens is 291 g/mol. The average molecular weight is 308 g/mol. The molecule has 90 valence electrons. The topological polar surface area (TPSA) is 55.1 Å². The van der Waals surface area contributed by atoms with Crippen LogP contribution in [-0.2, 0) is 11.2 Å². The minimum Gasteiger partial charge on any atom is -0.354 e. The number of carbonyl (C=O) groups excluding carboxylic acids is 1. The second kappa shape index (κ2) is 7.65. The molecule has 1 aromatic carbocycles. The lowest BCUT2D eigenvalue weighted by Crippen LogP contribution is -2.39. The standard InChI is InChI=1S/C11H15BrN2O.ClH/c1-8(13)11(15)14-7-6-9-2-4-10(12)5-3-9;/h2-5,8H,6-7,13H2,1H3,(H,14,15);1H/t8-;/m1./s1. The van der Waals surface area contributed by atoms with Crippen LogP contribution in [0.3, 0.4) is 0 Å². The Kier molecular flexibility index (Phi) is 7.38. The highest BCUT2D eigenvalue weighted by Gasteiger charge is 2.05. The number of amides is 1. The Morgan fingerprint density at radius 1 is 1.44 bits per heavy atom. The van der Waals surface area contributed by atoms with Crippen molar-refractivity contribution < 1.29 is 4.79 Å². The van der Waals surface area contributed by atoms with Gasteiger partial charge in [-0.05, 0) is 31.0 Å². The van der Waals surface area contributed by atoms with E-state index in [0.29, 0.717) is 6.54 Å². The summed E-state index contributed by atoms with van der Waals surface area (Å²) in [5, 5.41) is 2.77. The molecule has 0 aliphatic heterocycles. The fraction of sp³-hybridized carbons (Fsp3) is 0.364. The van der Waals surface area contributed by atoms with Crippen molar-refractivity contribution in [1.29, 1.82) is 0 Å². The number of halogens is 2. The lowest BCUT2D eigenvalue weighted by molar-refractivity contribution is -0.121. The predicted molar refractivity (Wildman–Crippen MR) is 71.8 cm³/mol. The summed E-state index contributed by atoms with van der Waals surface area (Å²) in [6.45, 7) is 2.30. The molecule has 0 aliphatic rings. The molecule has 1 rings (SSSR count). The Morgan fingerprint density at radius 3 is 2.50 bits per heavy atom. The van der Waals surface area contributed by atoms with Crippen molar-refractivity contribution in [3.8, 4) is 0 Å². The van der Waals surface area contributed by atoms with E-state index in [1.54, 1.807) is 6.92 Å². The molecule has 0 fully saturated rings. The molecule has 16 heavy (non-hydrogen) atoms. The van der Waals surface area contributed by atoms with Crippen molar-refractivity contribution in [3.05, 3.63) is 34.3 Å². The molecule has 1 amide bonds. The predicted octanol–water partition coefficient (Wildman–Crippen LogP) is 1.88. The monoisotopic (exact) mass is 306 g/mol. The third-order valence-electron chi connectivity index (χ3n) is 2.04. The van der Waals surface area contributed by atoms with Gasteiger partial charge in [0.05, 0.1) is 6.04 Å². The second-order valence-corrected chi connectivity index (χ2v) is 4.37. The van der Waals surface area contributed by atoms with E-state index >= 15 is 0 Å². The van der Waals surface area contributed by atoms with Gasteiger partial charge >= 0.3 is 0 Å². The quantitative estimate of drug-likeness (QED) is 0.892. The van der Waals surface area contributed by atoms with E-state index in [9.17, 15) is 4.79 Å². The lowest BCUT2D eigenvalue weighted by Gasteiger charge is -2.07. The third kappa shape index (κ3) is 5.49. The fourth-order valence-electron chi connectivity index (χ4n) is 1.14. The van der Waals surface area contributed by atoms with Gasteiger partial charge in [0.1, 0.15) is 0 Å². The summed E-state index contributed by atoms with van der Waals surface area (Å²) in [7, 11) is 0. The van der Waals surface area contributed by atoms with Crippen LogP contribution >= 0.6 is 28.3 Å². The zero-order valence-corrected chi connectivity index (χ0v) is 11.5. The van der Waals surface area contributed by atoms with E-state index < -0.39 is 6.04 Å². The van der Waals surface area contributed by atoms with Crippen molar-refractivity contribution in [2.24, 2.45) is 5.73 Å². The van der Waals surface area contributed by atoms with Gasteiger partial charge in [0, 0.05) is 11.0 Å². The van der Waals surface area contributed by atoms with Gasteiger partial charge in [0.2, 0.25) is 5.91 Å². The van der Waals surface area contributed by atoms with E-state index in [0.717, 1.165) is 10.9 Å². The van der Waals surface area contributed by atoms with Gasteiger partial charge in [-0.3, -0.25) is 4.79 Å². The molecule has 0 radical (unpaired) electrons. The smallest absolute Gasteiger partial charge is 0.236 e. The summed E-state index contributed by atoms with van der Waals surface area (Å²) in [5.74, 6) is -0.105. The molecule has 0 saturated carbocycles. The van der Waals surface area contributed by atoms with Gasteiger partial charge in [-0.1, -0.05) is 28.1 Å². The van der Waals surface area contributed by atoms with Crippen LogP contribution in [0.4, 0.5) is 0 Å². The molecule has 0 heterocycles. The Labute approximate surface area is 110 Å². The molecule has 5 heteroatoms. The summed E-state index contributed by atoms with van der Waals surface area (Å²) in [4.78, 5) is 11.1. The van der Waals surface area contributed by atoms with E-state index in [4.69, 9.17) is 5.73 Å². The summed E-state index contributed by atoms with van der Waals surface area (Å²) in [5.41, 5.74) is 6.61. The first-order chi connectivity index (χ1) is 7.09. The van der Waals surface area contributed by atoms with E-state index in [-0.39, 0.29) is 18.3 Å². The Hall–Kier alpha value is -0.580. The first-order valence-electron chi connectivity index (χ1n) is 4.87. The van der Waals surface area contributed by atoms with Crippen molar-refractivity contribution in [2.75, 3.05) is 6.54 Å². The van der Waals surface area contributed by atoms with Crippen LogP contribution in [0.15, 0.2) is 28.7 Å². The van der Waals surface area contributed by atoms with Crippen LogP contribution in [0.25, 0.3) is 0 Å². The van der Waals surface area contributed by atoms with Crippen LogP contribution in [0.5, 0.6) is 0 Å². The van der Waals surface area contributed by atoms with Gasteiger partial charge < -0.3 is 11.1 Å². The molecular formula is C11H16BrClN2O. The number of hydrogen-bond donors (Lipinski definition) is 2. The summed E-state index contributed by atoms with van der Waals surface area (Å²) < 4.78 is 1.06. The molecule has 0 aliphatic carbocycles. The largest absolute Gasteiger partial charge is 0.354 e. The first kappa shape index (κ1) is 15.4. The normalized spacial score (nSPS) is 11.4. The highest BCUT2D eigenvalue weighted by Crippen LogP contribution is 2.10. The summed E-state index contributed by atoms with van der Waals surface area (Å²) in [6.07, 6.45) is 0.825. The van der Waals surface area contributed by atoms with Crippen LogP contribution in [-0.4, -0.2) is 18.5 Å². The van der Waals surface area contributed by atoms with Gasteiger partial charge in [0.25, 0.3) is 0 Å². The number of carbonyl (C=O) groups is 1. The van der Waals surface area contributed by atoms with Crippen molar-refractivity contribution in [3.63, 3.8) is 0 Å². The second-order valence-electron chi connectivity index (χ2n) is 3.46. The van der Waals surface area contributed by atoms with Crippen LogP contribution < -0.4 is 11.1 Å². The molecule has 0 spiro atoms. The zero-order valence-electron chi connectivity index (χ0n) is 9.07. The number of hydrogen-bond acceptors (Lipinski definition) is 2. The molecule has 0 unspecified atom stereocenters. The highest BCUT2D eigenvalue weighted by molar-refractivity contribution is 9.10. The van der Waals surface area contributed by atoms with E-state index in [1.807, 2.05) is 24.3 Å². The maximum Gasteiger partial charge on any atom is 0.236 e. The molecule has 0 bridgehead atoms. The number of benzene rings is 1. The maximum absolute atomic E-state index is 11.1. The molecule has 3 nitrogen and oxygen atoms in total. The van der Waals surface area contributed by atoms with Gasteiger partial charge in [-0.2, -0.15) is 0 Å². The lowest BCUT2D eigenvalue weighted by atomic mass is 10.1. The number of nitrogens with one attached hydrogen (secondary N) is 1. The fourth-order valence-corrected chi connectivity index (χ4v) is 1.41. The SMILES string of the molecule is C[C@@H](N)C(=O)NCCc1ccc(Br)cc1.Cl. The zero-order chi connectivity index (χ0) is 11.3. The van der Waals surface area contributed by atoms with Crippen molar-refractivity contribution >= 4 is 34.2 Å². The van der Waals surface area contributed by atoms with Gasteiger partial charge in [-0.25, -0.2) is 0 Å². The molecule has 1 atom stereocenters. The van der Waals surface area contributed by atoms with Crippen LogP contribution in [0.1, 0.15) is 12.5 Å². The first-order valence-corrected chi connectivity index (χ1v) is 5.66. The Morgan fingerprint density at radius 2 is 2.00 bits per heavy atom. The van der Waals surface area contributed by atoms with Gasteiger partial charge in [0.15, 0.2) is 0 Å². The summed E-state index contributed by atoms with van der Waals surface area (Å²) in [6, 6.07) is 7.60. The maximum atomic E-state index is 11.1. The van der Waals surface area contributed by atoms with Crippen LogP contribution in [0.2, 0.25) is 0 Å². The third-order valence-corrected chi connectivity index (χ3v) is 2.57. The summed E-state index contributed by atoms with van der Waals surface area (Å²) >= 11 is 3.37. The van der Waals surface area contributed by atoms with Crippen molar-refractivity contribution in [1.82, 2.24) is 5.32 Å². The van der Waals surface area contributed by atoms with Gasteiger partial charge in [-0.15, -0.1) is 12.4 Å². The highest BCUT2D eigenvalue weighted by atomic mass is 79.9. The Bertz CT molecular complexity index is 327. The Balaban J connectivity index is 0.00000225. The minimum atomic E-state index is -0.435. The molecule has 1 aromatic rings. The average Bonchev–Trinajstić information content (AvgIpc) is 2.20.